The number of nitrogens with zero attached hydrogens (tertiary/aromatic N) is 1. The van der Waals surface area contributed by atoms with Gasteiger partial charge in [-0.05, 0) is 6.08 Å². The van der Waals surface area contributed by atoms with Crippen molar-refractivity contribution in [2.75, 3.05) is 0 Å². The van der Waals surface area contributed by atoms with Crippen molar-refractivity contribution in [1.82, 2.24) is 0 Å². The SMILES string of the molecule is O.O.O.[N-]=C=O.[Na+]. The van der Waals surface area contributed by atoms with Gasteiger partial charge in [-0.2, -0.15) is 0 Å². The Morgan fingerprint density at radius 3 is 1.14 bits per heavy atom. The summed E-state index contributed by atoms with van der Waals surface area (Å²) < 4.78 is 0. The molecule has 0 bridgehead atoms. The van der Waals surface area contributed by atoms with E-state index in [0.29, 0.717) is 6.08 Å². The molecule has 0 amide bonds. The van der Waals surface area contributed by atoms with Gasteiger partial charge in [0.05, 0.1) is 0 Å². The normalized spacial score (nSPS) is 1.14. The molecule has 0 saturated heterocycles. The molecule has 6 N–H and O–H groups in total. The first-order valence-corrected chi connectivity index (χ1v) is 0.428. The van der Waals surface area contributed by atoms with E-state index in [-0.39, 0.29) is 46.0 Å². The van der Waals surface area contributed by atoms with Crippen molar-refractivity contribution in [1.29, 1.82) is 0 Å². The van der Waals surface area contributed by atoms with E-state index in [9.17, 15) is 0 Å². The van der Waals surface area contributed by atoms with Gasteiger partial charge in [-0.25, -0.2) is 0 Å². The molecule has 0 fully saturated rings. The summed E-state index contributed by atoms with van der Waals surface area (Å²) in [5.41, 5.74) is 0. The van der Waals surface area contributed by atoms with Gasteiger partial charge in [-0.3, -0.25) is 4.79 Å². The van der Waals surface area contributed by atoms with Gasteiger partial charge in [0, 0.05) is 0 Å². The Morgan fingerprint density at radius 2 is 1.14 bits per heavy atom. The Labute approximate surface area is 62.4 Å². The van der Waals surface area contributed by atoms with Crippen LogP contribution in [0.1, 0.15) is 0 Å². The summed E-state index contributed by atoms with van der Waals surface area (Å²) in [6.07, 6.45) is 0.500. The van der Waals surface area contributed by atoms with Crippen LogP contribution in [0.2, 0.25) is 0 Å². The zero-order chi connectivity index (χ0) is 2.71. The summed E-state index contributed by atoms with van der Waals surface area (Å²) in [7, 11) is 0. The zero-order valence-electron chi connectivity index (χ0n) is 3.86. The predicted molar refractivity (Wildman–Crippen MR) is 19.9 cm³/mol. The molecule has 0 aromatic carbocycles. The van der Waals surface area contributed by atoms with Crippen LogP contribution in [0.4, 0.5) is 0 Å². The van der Waals surface area contributed by atoms with Gasteiger partial charge in [0.1, 0.15) is 0 Å². The Balaban J connectivity index is -0.00000000333. The van der Waals surface area contributed by atoms with Crippen LogP contribution in [-0.4, -0.2) is 22.5 Å². The van der Waals surface area contributed by atoms with Gasteiger partial charge < -0.3 is 21.8 Å². The third-order valence-corrected chi connectivity index (χ3v) is 0. The van der Waals surface area contributed by atoms with E-state index in [1.54, 1.807) is 0 Å². The van der Waals surface area contributed by atoms with Gasteiger partial charge >= 0.3 is 29.6 Å². The van der Waals surface area contributed by atoms with Crippen LogP contribution in [0.5, 0.6) is 0 Å². The van der Waals surface area contributed by atoms with Crippen LogP contribution in [0.3, 0.4) is 0 Å². The smallest absolute Gasteiger partial charge is 0.724 e. The van der Waals surface area contributed by atoms with E-state index in [4.69, 9.17) is 10.2 Å². The van der Waals surface area contributed by atoms with E-state index in [1.807, 2.05) is 0 Å². The van der Waals surface area contributed by atoms with Gasteiger partial charge in [-0.1, -0.05) is 0 Å². The number of hydrogen-bond donors (Lipinski definition) is 0. The molecule has 40 valence electrons. The first kappa shape index (κ1) is 55.7. The molecule has 0 heterocycles. The maximum absolute atomic E-state index is 8.24. The van der Waals surface area contributed by atoms with Gasteiger partial charge in [0.15, 0.2) is 0 Å². The summed E-state index contributed by atoms with van der Waals surface area (Å²) in [6, 6.07) is 0. The molecule has 0 aromatic heterocycles. The van der Waals surface area contributed by atoms with Gasteiger partial charge in [0.25, 0.3) is 0 Å². The molecule has 0 spiro atoms. The molecule has 0 aliphatic heterocycles. The minimum absolute atomic E-state index is 0. The van der Waals surface area contributed by atoms with Crippen molar-refractivity contribution in [3.8, 4) is 0 Å². The summed E-state index contributed by atoms with van der Waals surface area (Å²) >= 11 is 0. The second-order valence-electron chi connectivity index (χ2n) is 0.0913. The zero-order valence-corrected chi connectivity index (χ0v) is 5.86. The molecule has 7 heavy (non-hydrogen) atoms. The fraction of sp³-hybridized carbons (Fsp3) is 0. The van der Waals surface area contributed by atoms with Crippen LogP contribution in [-0.2, 0) is 4.79 Å². The number of rotatable bonds is 0. The molecule has 0 rings (SSSR count). The monoisotopic (exact) mass is 119 g/mol. The fourth-order valence-electron chi connectivity index (χ4n) is 0. The summed E-state index contributed by atoms with van der Waals surface area (Å²) in [5.74, 6) is 0. The number of hydrogen-bond acceptors (Lipinski definition) is 1. The molecule has 0 atom stereocenters. The standard InChI is InChI=1S/CNO.Na.3H2O/c2-1-3;;;;/h;;3*1H2/q-1;+1;;;. The van der Waals surface area contributed by atoms with E-state index in [1.165, 1.54) is 0 Å². The van der Waals surface area contributed by atoms with E-state index in [0.717, 1.165) is 0 Å². The Morgan fingerprint density at radius 1 is 1.14 bits per heavy atom. The maximum Gasteiger partial charge on any atom is 1.00 e. The first-order valence-electron chi connectivity index (χ1n) is 0.428. The molecule has 0 unspecified atom stereocenters. The number of carbonyl (C=O) groups excluding carboxylic acids is 1. The summed E-state index contributed by atoms with van der Waals surface area (Å²) in [6.45, 7) is 0. The van der Waals surface area contributed by atoms with Crippen molar-refractivity contribution in [2.45, 2.75) is 0 Å². The van der Waals surface area contributed by atoms with Crippen molar-refractivity contribution >= 4 is 6.08 Å². The second-order valence-corrected chi connectivity index (χ2v) is 0.0913. The molecule has 0 saturated carbocycles. The average molecular weight is 119 g/mol. The third-order valence-electron chi connectivity index (χ3n) is 0. The Bertz CT molecular complexity index is 32.7. The molecule has 0 aliphatic carbocycles. The summed E-state index contributed by atoms with van der Waals surface area (Å²) in [5, 5.41) is 6.76. The number of isocyanates is 1. The van der Waals surface area contributed by atoms with Crippen LogP contribution in [0.15, 0.2) is 0 Å². The minimum atomic E-state index is 0. The topological polar surface area (TPSA) is 134 Å². The van der Waals surface area contributed by atoms with E-state index >= 15 is 0 Å². The molecule has 6 heteroatoms. The van der Waals surface area contributed by atoms with Gasteiger partial charge in [0.2, 0.25) is 0 Å². The van der Waals surface area contributed by atoms with E-state index < -0.39 is 0 Å². The molecular formula is CH6NNaO4. The largest absolute Gasteiger partial charge is 1.00 e. The quantitative estimate of drug-likeness (QED) is 0.175. The van der Waals surface area contributed by atoms with Crippen molar-refractivity contribution < 1.29 is 50.8 Å². The molecular weight excluding hydrogens is 113 g/mol. The fourth-order valence-corrected chi connectivity index (χ4v) is 0. The van der Waals surface area contributed by atoms with Crippen molar-refractivity contribution in [3.05, 3.63) is 5.41 Å². The van der Waals surface area contributed by atoms with Crippen LogP contribution in [0, 0.1) is 0 Å². The molecule has 5 nitrogen and oxygen atoms in total. The average Bonchev–Trinajstić information content (AvgIpc) is 0.918. The van der Waals surface area contributed by atoms with E-state index in [2.05, 4.69) is 0 Å². The maximum atomic E-state index is 8.24. The minimum Gasteiger partial charge on any atom is -0.724 e. The van der Waals surface area contributed by atoms with Crippen molar-refractivity contribution in [2.24, 2.45) is 0 Å². The first-order chi connectivity index (χ1) is 1.41. The Hall–Kier alpha value is 0.260. The third kappa shape index (κ3) is 1680. The molecule has 0 radical (unpaired) electrons. The van der Waals surface area contributed by atoms with Crippen LogP contribution in [0.25, 0.3) is 5.41 Å². The predicted octanol–water partition coefficient (Wildman–Crippen LogP) is -5.58. The van der Waals surface area contributed by atoms with Crippen LogP contribution < -0.4 is 29.6 Å². The van der Waals surface area contributed by atoms with Crippen molar-refractivity contribution in [3.63, 3.8) is 0 Å². The molecule has 0 aromatic rings. The summed E-state index contributed by atoms with van der Waals surface area (Å²) in [4.78, 5) is 8.24. The second kappa shape index (κ2) is 109. The molecule has 0 aliphatic rings. The van der Waals surface area contributed by atoms with Gasteiger partial charge in [-0.15, -0.1) is 0 Å². The Kier molecular flexibility index (Phi) is 868. The van der Waals surface area contributed by atoms with Crippen LogP contribution >= 0.6 is 0 Å².